The monoisotopic (exact) mass is 1020 g/mol. The molecule has 0 radical (unpaired) electrons. The molecule has 12 aromatic carbocycles. The van der Waals surface area contributed by atoms with E-state index in [4.69, 9.17) is 15.0 Å². The predicted octanol–water partition coefficient (Wildman–Crippen LogP) is 19.4. The third-order valence-electron chi connectivity index (χ3n) is 15.6. The predicted molar refractivity (Wildman–Crippen MR) is 332 cm³/mol. The van der Waals surface area contributed by atoms with Crippen LogP contribution in [-0.4, -0.2) is 24.1 Å². The van der Waals surface area contributed by atoms with E-state index >= 15 is 0 Å². The smallest absolute Gasteiger partial charge is 0.164 e. The highest BCUT2D eigenvalue weighted by Crippen LogP contribution is 2.45. The summed E-state index contributed by atoms with van der Waals surface area (Å²) in [6.45, 7) is 0. The van der Waals surface area contributed by atoms with Gasteiger partial charge in [0.15, 0.2) is 17.5 Å². The molecular weight excluding hydrogens is 971 g/mol. The number of rotatable bonds is 10. The highest BCUT2D eigenvalue weighted by Gasteiger charge is 2.24. The van der Waals surface area contributed by atoms with E-state index in [2.05, 4.69) is 270 Å². The fourth-order valence-electron chi connectivity index (χ4n) is 11.7. The molecule has 0 bridgehead atoms. The Bertz CT molecular complexity index is 4530. The molecule has 3 heterocycles. The van der Waals surface area contributed by atoms with Gasteiger partial charge in [-0.3, -0.25) is 0 Å². The molecule has 374 valence electrons. The van der Waals surface area contributed by atoms with Crippen LogP contribution in [0.2, 0.25) is 0 Å². The summed E-state index contributed by atoms with van der Waals surface area (Å²) in [6, 6.07) is 107. The van der Waals surface area contributed by atoms with Gasteiger partial charge in [-0.25, -0.2) is 15.0 Å². The van der Waals surface area contributed by atoms with E-state index in [1.54, 1.807) is 0 Å². The minimum Gasteiger partial charge on any atom is -0.309 e. The van der Waals surface area contributed by atoms with Gasteiger partial charge in [-0.2, -0.15) is 0 Å². The van der Waals surface area contributed by atoms with Gasteiger partial charge in [-0.05, 0) is 105 Å². The first-order chi connectivity index (χ1) is 39.7. The van der Waals surface area contributed by atoms with Crippen LogP contribution < -0.4 is 0 Å². The topological polar surface area (TPSA) is 48.5 Å². The molecule has 0 saturated heterocycles. The second-order valence-corrected chi connectivity index (χ2v) is 20.3. The van der Waals surface area contributed by atoms with Crippen LogP contribution in [0.3, 0.4) is 0 Å². The van der Waals surface area contributed by atoms with E-state index < -0.39 is 0 Å². The van der Waals surface area contributed by atoms with Crippen molar-refractivity contribution < 1.29 is 0 Å². The molecule has 0 aliphatic rings. The maximum absolute atomic E-state index is 5.29. The molecule has 0 N–H and O–H groups in total. The molecule has 15 aromatic rings. The molecule has 5 heteroatoms. The van der Waals surface area contributed by atoms with Crippen molar-refractivity contribution in [3.63, 3.8) is 0 Å². The first kappa shape index (κ1) is 46.5. The highest BCUT2D eigenvalue weighted by molar-refractivity contribution is 6.14. The van der Waals surface area contributed by atoms with E-state index in [1.807, 2.05) is 36.4 Å². The Hall–Kier alpha value is -10.8. The lowest BCUT2D eigenvalue weighted by atomic mass is 9.98. The number of aromatic nitrogens is 5. The number of benzene rings is 12. The van der Waals surface area contributed by atoms with Crippen LogP contribution in [0.15, 0.2) is 297 Å². The minimum absolute atomic E-state index is 0.586. The fraction of sp³-hybridized carbons (Fsp3) is 0. The first-order valence-electron chi connectivity index (χ1n) is 27.2. The maximum atomic E-state index is 5.29. The average molecular weight is 1020 g/mol. The molecule has 15 rings (SSSR count). The summed E-state index contributed by atoms with van der Waals surface area (Å²) in [4.78, 5) is 15.7. The first-order valence-corrected chi connectivity index (χ1v) is 27.2. The Labute approximate surface area is 463 Å². The van der Waals surface area contributed by atoms with Gasteiger partial charge in [0, 0.05) is 49.4 Å². The molecule has 0 amide bonds. The Morgan fingerprint density at radius 3 is 0.825 bits per heavy atom. The lowest BCUT2D eigenvalue weighted by Gasteiger charge is -2.20. The van der Waals surface area contributed by atoms with Crippen LogP contribution in [0.4, 0.5) is 0 Å². The summed E-state index contributed by atoms with van der Waals surface area (Å²) >= 11 is 0. The van der Waals surface area contributed by atoms with Crippen molar-refractivity contribution in [2.45, 2.75) is 0 Å². The number of hydrogen-bond donors (Lipinski definition) is 0. The van der Waals surface area contributed by atoms with E-state index in [1.165, 1.54) is 44.2 Å². The van der Waals surface area contributed by atoms with Crippen molar-refractivity contribution in [3.05, 3.63) is 297 Å². The molecule has 0 saturated carbocycles. The van der Waals surface area contributed by atoms with Gasteiger partial charge in [0.1, 0.15) is 0 Å². The van der Waals surface area contributed by atoms with Gasteiger partial charge in [0.25, 0.3) is 0 Å². The largest absolute Gasteiger partial charge is 0.309 e. The SMILES string of the molecule is c1ccc(-c2ccc3c(c2)c2cc(-c4ccccc4)ccc2n3-c2ccccc2-c2ccc(-c3nc(-c4ccccc4)nc(-c4ccccc4)n3)cc2-n2c3ccc(-c4ccccc4)cc3c3cc(-c4ccccc4)ccc32)cc1. The Morgan fingerprint density at radius 1 is 0.188 bits per heavy atom. The van der Waals surface area contributed by atoms with Gasteiger partial charge in [0.05, 0.1) is 33.4 Å². The van der Waals surface area contributed by atoms with Crippen LogP contribution in [0.25, 0.3) is 145 Å². The molecule has 0 spiro atoms. The zero-order chi connectivity index (χ0) is 52.9. The summed E-state index contributed by atoms with van der Waals surface area (Å²) in [5.41, 5.74) is 20.7. The summed E-state index contributed by atoms with van der Waals surface area (Å²) in [5.74, 6) is 1.81. The zero-order valence-electron chi connectivity index (χ0n) is 43.5. The van der Waals surface area contributed by atoms with Crippen LogP contribution >= 0.6 is 0 Å². The van der Waals surface area contributed by atoms with Crippen LogP contribution in [-0.2, 0) is 0 Å². The maximum Gasteiger partial charge on any atom is 0.164 e. The molecule has 0 aliphatic heterocycles. The second kappa shape index (κ2) is 19.7. The third-order valence-corrected chi connectivity index (χ3v) is 15.6. The van der Waals surface area contributed by atoms with Crippen molar-refractivity contribution in [1.29, 1.82) is 0 Å². The number of hydrogen-bond acceptors (Lipinski definition) is 3. The highest BCUT2D eigenvalue weighted by atomic mass is 15.0. The molecule has 0 aliphatic carbocycles. The van der Waals surface area contributed by atoms with Gasteiger partial charge in [0.2, 0.25) is 0 Å². The van der Waals surface area contributed by atoms with E-state index in [9.17, 15) is 0 Å². The molecule has 0 atom stereocenters. The zero-order valence-corrected chi connectivity index (χ0v) is 43.5. The van der Waals surface area contributed by atoms with Gasteiger partial charge in [-0.15, -0.1) is 0 Å². The summed E-state index contributed by atoms with van der Waals surface area (Å²) in [5, 5.41) is 4.70. The van der Waals surface area contributed by atoms with Crippen molar-refractivity contribution in [2.75, 3.05) is 0 Å². The van der Waals surface area contributed by atoms with Gasteiger partial charge < -0.3 is 9.13 Å². The van der Waals surface area contributed by atoms with Crippen LogP contribution in [0.1, 0.15) is 0 Å². The summed E-state index contributed by atoms with van der Waals surface area (Å²) < 4.78 is 4.93. The number of nitrogens with zero attached hydrogens (tertiary/aromatic N) is 5. The van der Waals surface area contributed by atoms with Crippen molar-refractivity contribution in [2.24, 2.45) is 0 Å². The minimum atomic E-state index is 0.586. The van der Waals surface area contributed by atoms with Crippen molar-refractivity contribution in [3.8, 4) is 101 Å². The molecule has 0 unspecified atom stereocenters. The van der Waals surface area contributed by atoms with E-state index in [0.717, 1.165) is 83.2 Å². The quantitative estimate of drug-likeness (QED) is 0.137. The molecule has 0 fully saturated rings. The summed E-state index contributed by atoms with van der Waals surface area (Å²) in [6.07, 6.45) is 0. The summed E-state index contributed by atoms with van der Waals surface area (Å²) in [7, 11) is 0. The van der Waals surface area contributed by atoms with Crippen LogP contribution in [0.5, 0.6) is 0 Å². The number of para-hydroxylation sites is 1. The lowest BCUT2D eigenvalue weighted by molar-refractivity contribution is 1.07. The molecular formula is C75H49N5. The normalized spacial score (nSPS) is 11.5. The van der Waals surface area contributed by atoms with Gasteiger partial charge in [-0.1, -0.05) is 237 Å². The van der Waals surface area contributed by atoms with Gasteiger partial charge >= 0.3 is 0 Å². The average Bonchev–Trinajstić information content (AvgIpc) is 4.28. The number of fused-ring (bicyclic) bond motifs is 6. The Kier molecular flexibility index (Phi) is 11.4. The molecule has 5 nitrogen and oxygen atoms in total. The van der Waals surface area contributed by atoms with E-state index in [0.29, 0.717) is 17.5 Å². The van der Waals surface area contributed by atoms with E-state index in [-0.39, 0.29) is 0 Å². The third kappa shape index (κ3) is 8.24. The standard InChI is InChI=1S/C75H49N5/c1-7-21-50(22-8-1)56-36-41-68-63(45-56)64-46-57(51-23-9-2-10-24-51)37-42-69(64)79(68)67-34-20-19-33-61(67)62-40-35-60(75-77-73(54-29-15-5-16-30-54)76-74(78-75)55-31-17-6-18-32-55)49-72(62)80-70-43-38-58(52-25-11-3-12-26-52)47-65(70)66-48-59(39-44-71(66)80)53-27-13-4-14-28-53/h1-49H. The second-order valence-electron chi connectivity index (χ2n) is 20.3. The Morgan fingerprint density at radius 2 is 0.463 bits per heavy atom. The van der Waals surface area contributed by atoms with Crippen molar-refractivity contribution >= 4 is 43.6 Å². The molecule has 3 aromatic heterocycles. The van der Waals surface area contributed by atoms with Crippen molar-refractivity contribution in [1.82, 2.24) is 24.1 Å². The Balaban J connectivity index is 1.01. The van der Waals surface area contributed by atoms with Crippen LogP contribution in [0, 0.1) is 0 Å². The fourth-order valence-corrected chi connectivity index (χ4v) is 11.7. The lowest BCUT2D eigenvalue weighted by Crippen LogP contribution is -2.03. The molecule has 80 heavy (non-hydrogen) atoms.